The van der Waals surface area contributed by atoms with Gasteiger partial charge in [0.15, 0.2) is 0 Å². The average molecular weight is 137 g/mol. The van der Waals surface area contributed by atoms with Crippen LogP contribution < -0.4 is 0 Å². The van der Waals surface area contributed by atoms with Crippen LogP contribution in [0.3, 0.4) is 0 Å². The van der Waals surface area contributed by atoms with E-state index in [1.54, 1.807) is 17.9 Å². The summed E-state index contributed by atoms with van der Waals surface area (Å²) in [6.07, 6.45) is 4.56. The molecule has 1 aromatic heterocycles. The number of nitrogens with zero attached hydrogens (tertiary/aromatic N) is 3. The Balaban J connectivity index is 2.85. The smallest absolute Gasteiger partial charge is 0.124 e. The fourth-order valence-corrected chi connectivity index (χ4v) is 0.844. The zero-order valence-electron chi connectivity index (χ0n) is 6.28. The summed E-state index contributed by atoms with van der Waals surface area (Å²) >= 11 is 0. The first kappa shape index (κ1) is 6.99. The first-order valence-electron chi connectivity index (χ1n) is 3.34. The van der Waals surface area contributed by atoms with Gasteiger partial charge < -0.3 is 0 Å². The van der Waals surface area contributed by atoms with Gasteiger partial charge in [-0.15, -0.1) is 0 Å². The molecule has 1 heterocycles. The third-order valence-corrected chi connectivity index (χ3v) is 1.34. The second-order valence-electron chi connectivity index (χ2n) is 1.94. The molecule has 0 saturated carbocycles. The predicted molar refractivity (Wildman–Crippen MR) is 41.3 cm³/mol. The van der Waals surface area contributed by atoms with Crippen molar-refractivity contribution in [3.8, 4) is 0 Å². The highest BCUT2D eigenvalue weighted by Crippen LogP contribution is 1.89. The highest BCUT2D eigenvalue weighted by Gasteiger charge is 1.94. The maximum atomic E-state index is 4.07. The van der Waals surface area contributed by atoms with E-state index >= 15 is 0 Å². The van der Waals surface area contributed by atoms with Crippen molar-refractivity contribution in [2.75, 3.05) is 7.05 Å². The van der Waals surface area contributed by atoms with Crippen molar-refractivity contribution in [2.45, 2.75) is 13.3 Å². The summed E-state index contributed by atoms with van der Waals surface area (Å²) in [5.41, 5.74) is 0. The minimum Gasteiger partial charge on any atom is -0.274 e. The minimum atomic E-state index is 0.915. The third-order valence-electron chi connectivity index (χ3n) is 1.34. The van der Waals surface area contributed by atoms with Gasteiger partial charge in [-0.05, 0) is 6.07 Å². The number of hydrogen-bond donors (Lipinski definition) is 0. The Labute approximate surface area is 60.4 Å². The van der Waals surface area contributed by atoms with Gasteiger partial charge in [-0.3, -0.25) is 4.99 Å². The minimum absolute atomic E-state index is 0.915. The Bertz CT molecular complexity index is 211. The van der Waals surface area contributed by atoms with Gasteiger partial charge in [-0.2, -0.15) is 5.10 Å². The van der Waals surface area contributed by atoms with Crippen LogP contribution >= 0.6 is 0 Å². The molecule has 1 rings (SSSR count). The summed E-state index contributed by atoms with van der Waals surface area (Å²) in [7, 11) is 1.78. The second-order valence-corrected chi connectivity index (χ2v) is 1.94. The van der Waals surface area contributed by atoms with Crippen molar-refractivity contribution in [3.63, 3.8) is 0 Å². The molecular weight excluding hydrogens is 126 g/mol. The van der Waals surface area contributed by atoms with Gasteiger partial charge >= 0.3 is 0 Å². The molecule has 0 aliphatic carbocycles. The SMILES string of the molecule is CCC(=NC)n1cccn1. The first-order valence-corrected chi connectivity index (χ1v) is 3.34. The lowest BCUT2D eigenvalue weighted by molar-refractivity contribution is 0.898. The van der Waals surface area contributed by atoms with Crippen LogP contribution in [0.5, 0.6) is 0 Å². The topological polar surface area (TPSA) is 30.2 Å². The highest BCUT2D eigenvalue weighted by molar-refractivity contribution is 5.83. The molecule has 0 bridgehead atoms. The molecular formula is C7H11N3. The fourth-order valence-electron chi connectivity index (χ4n) is 0.844. The van der Waals surface area contributed by atoms with Crippen molar-refractivity contribution in [1.29, 1.82) is 0 Å². The van der Waals surface area contributed by atoms with Gasteiger partial charge in [0.25, 0.3) is 0 Å². The van der Waals surface area contributed by atoms with Gasteiger partial charge in [0.05, 0.1) is 0 Å². The molecule has 1 aromatic rings. The monoisotopic (exact) mass is 137 g/mol. The molecule has 0 amide bonds. The Morgan fingerprint density at radius 1 is 1.70 bits per heavy atom. The molecule has 0 atom stereocenters. The molecule has 0 aliphatic heterocycles. The molecule has 0 radical (unpaired) electrons. The van der Waals surface area contributed by atoms with E-state index in [0.29, 0.717) is 0 Å². The summed E-state index contributed by atoms with van der Waals surface area (Å²) < 4.78 is 1.78. The van der Waals surface area contributed by atoms with Gasteiger partial charge in [-0.1, -0.05) is 6.92 Å². The highest BCUT2D eigenvalue weighted by atomic mass is 15.3. The lowest BCUT2D eigenvalue weighted by Crippen LogP contribution is -2.10. The third kappa shape index (κ3) is 1.23. The molecule has 0 unspecified atom stereocenters. The molecule has 0 fully saturated rings. The van der Waals surface area contributed by atoms with Gasteiger partial charge in [0, 0.05) is 25.9 Å². The molecule has 0 saturated heterocycles. The molecule has 3 nitrogen and oxygen atoms in total. The Hall–Kier alpha value is -1.12. The maximum Gasteiger partial charge on any atom is 0.124 e. The lowest BCUT2D eigenvalue weighted by atomic mass is 10.4. The molecule has 0 N–H and O–H groups in total. The van der Waals surface area contributed by atoms with Crippen LogP contribution in [0.1, 0.15) is 13.3 Å². The van der Waals surface area contributed by atoms with Crippen molar-refractivity contribution in [3.05, 3.63) is 18.5 Å². The van der Waals surface area contributed by atoms with E-state index in [-0.39, 0.29) is 0 Å². The zero-order valence-corrected chi connectivity index (χ0v) is 6.28. The molecule has 0 aliphatic rings. The van der Waals surface area contributed by atoms with E-state index in [9.17, 15) is 0 Å². The van der Waals surface area contributed by atoms with Crippen molar-refractivity contribution in [1.82, 2.24) is 9.78 Å². The van der Waals surface area contributed by atoms with E-state index in [0.717, 1.165) is 12.3 Å². The van der Waals surface area contributed by atoms with E-state index in [4.69, 9.17) is 0 Å². The normalized spacial score (nSPS) is 12.0. The summed E-state index contributed by atoms with van der Waals surface area (Å²) in [5, 5.41) is 4.04. The average Bonchev–Trinajstić information content (AvgIpc) is 2.43. The molecule has 3 heteroatoms. The first-order chi connectivity index (χ1) is 4.88. The van der Waals surface area contributed by atoms with E-state index < -0.39 is 0 Å². The quantitative estimate of drug-likeness (QED) is 0.422. The maximum absolute atomic E-state index is 4.07. The summed E-state index contributed by atoms with van der Waals surface area (Å²) in [5.74, 6) is 0.991. The molecule has 10 heavy (non-hydrogen) atoms. The predicted octanol–water partition coefficient (Wildman–Crippen LogP) is 1.17. The van der Waals surface area contributed by atoms with E-state index in [1.165, 1.54) is 0 Å². The summed E-state index contributed by atoms with van der Waals surface area (Å²) in [4.78, 5) is 4.07. The fraction of sp³-hybridized carbons (Fsp3) is 0.429. The second kappa shape index (κ2) is 3.15. The number of aromatic nitrogens is 2. The molecule has 0 aromatic carbocycles. The Morgan fingerprint density at radius 3 is 2.90 bits per heavy atom. The molecule has 54 valence electrons. The van der Waals surface area contributed by atoms with Crippen LogP contribution in [0, 0.1) is 0 Å². The lowest BCUT2D eigenvalue weighted by Gasteiger charge is -1.99. The van der Waals surface area contributed by atoms with Crippen LogP contribution in [0.2, 0.25) is 0 Å². The largest absolute Gasteiger partial charge is 0.274 e. The van der Waals surface area contributed by atoms with Crippen LogP contribution in [-0.4, -0.2) is 22.7 Å². The number of aliphatic imine (C=N–C) groups is 1. The van der Waals surface area contributed by atoms with Crippen molar-refractivity contribution < 1.29 is 0 Å². The van der Waals surface area contributed by atoms with Crippen molar-refractivity contribution in [2.24, 2.45) is 4.99 Å². The van der Waals surface area contributed by atoms with Crippen LogP contribution in [0.15, 0.2) is 23.5 Å². The van der Waals surface area contributed by atoms with Gasteiger partial charge in [-0.25, -0.2) is 4.68 Å². The Kier molecular flexibility index (Phi) is 2.20. The van der Waals surface area contributed by atoms with Crippen LogP contribution in [-0.2, 0) is 0 Å². The standard InChI is InChI=1S/C7H11N3/c1-3-7(8-2)10-6-4-5-9-10/h4-6H,3H2,1-2H3. The van der Waals surface area contributed by atoms with Crippen LogP contribution in [0.4, 0.5) is 0 Å². The van der Waals surface area contributed by atoms with Crippen molar-refractivity contribution >= 4 is 5.84 Å². The van der Waals surface area contributed by atoms with Gasteiger partial charge in [0.1, 0.15) is 5.84 Å². The van der Waals surface area contributed by atoms with E-state index in [1.807, 2.05) is 12.3 Å². The summed E-state index contributed by atoms with van der Waals surface area (Å²) in [6, 6.07) is 1.89. The zero-order chi connectivity index (χ0) is 7.40. The number of hydrogen-bond acceptors (Lipinski definition) is 2. The van der Waals surface area contributed by atoms with E-state index in [2.05, 4.69) is 17.0 Å². The summed E-state index contributed by atoms with van der Waals surface area (Å²) in [6.45, 7) is 2.06. The van der Waals surface area contributed by atoms with Crippen LogP contribution in [0.25, 0.3) is 0 Å². The molecule has 0 spiro atoms. The Morgan fingerprint density at radius 2 is 2.50 bits per heavy atom. The number of rotatable bonds is 1. The van der Waals surface area contributed by atoms with Gasteiger partial charge in [0.2, 0.25) is 0 Å².